The molecule has 15 heteroatoms. The molecule has 3 unspecified atom stereocenters. The van der Waals surface area contributed by atoms with Crippen molar-refractivity contribution in [2.45, 2.75) is 264 Å². The normalized spacial score (nSPS) is 14.0. The number of rotatable bonds is 51. The third kappa shape index (κ3) is 43.9. The molecule has 0 bridgehead atoms. The van der Waals surface area contributed by atoms with Gasteiger partial charge in [-0.2, -0.15) is 0 Å². The van der Waals surface area contributed by atoms with Crippen molar-refractivity contribution < 1.29 is 56.6 Å². The zero-order chi connectivity index (χ0) is 51.1. The lowest BCUT2D eigenvalue weighted by Gasteiger charge is -2.21. The van der Waals surface area contributed by atoms with Crippen molar-refractivity contribution in [3.05, 3.63) is 11.4 Å². The molecule has 14 nitrogen and oxygen atoms in total. The molecule has 0 aromatic carbocycles. The Kier molecular flexibility index (Phi) is 44.8. The van der Waals surface area contributed by atoms with Gasteiger partial charge in [0.05, 0.1) is 25.7 Å². The summed E-state index contributed by atoms with van der Waals surface area (Å²) >= 11 is 0. The fourth-order valence-electron chi connectivity index (χ4n) is 8.25. The van der Waals surface area contributed by atoms with Gasteiger partial charge < -0.3 is 34.0 Å². The molecule has 69 heavy (non-hydrogen) atoms. The minimum Gasteiger partial charge on any atom is -0.463 e. The van der Waals surface area contributed by atoms with E-state index in [-0.39, 0.29) is 65.1 Å². The van der Waals surface area contributed by atoms with Crippen molar-refractivity contribution in [1.82, 2.24) is 5.32 Å². The van der Waals surface area contributed by atoms with Gasteiger partial charge in [-0.15, -0.1) is 0 Å². The molecule has 0 radical (unpaired) electrons. The number of unbranched alkanes of at least 4 members (excludes halogenated alkanes) is 28. The Hall–Kier alpha value is -2.56. The van der Waals surface area contributed by atoms with E-state index in [4.69, 9.17) is 34.6 Å². The van der Waals surface area contributed by atoms with Crippen LogP contribution in [0, 0.1) is 12.5 Å². The van der Waals surface area contributed by atoms with E-state index in [9.17, 15) is 28.6 Å². The van der Waals surface area contributed by atoms with Crippen LogP contribution in [0.3, 0.4) is 0 Å². The maximum Gasteiger partial charge on any atom is 0.472 e. The second-order valence-electron chi connectivity index (χ2n) is 19.5. The summed E-state index contributed by atoms with van der Waals surface area (Å²) in [5, 5.41) is 2.60. The highest BCUT2D eigenvalue weighted by molar-refractivity contribution is 7.47. The SMILES string of the molecule is [C-]#[N+]C(C)(CCC(=O)NCCOP(=O)(O)OC[C@@H](COC(=O)CCCCCCCCCCCCCCCCC)OC(=O)CCCCCCCCCCCCCCCCC)CC(C)C(=O)OCCOC. The van der Waals surface area contributed by atoms with Gasteiger partial charge in [0.2, 0.25) is 11.4 Å². The molecule has 0 aliphatic heterocycles. The van der Waals surface area contributed by atoms with Crippen molar-refractivity contribution in [3.63, 3.8) is 0 Å². The maximum atomic E-state index is 12.9. The van der Waals surface area contributed by atoms with Crippen molar-refractivity contribution in [2.75, 3.05) is 46.7 Å². The number of methoxy groups -OCH3 is 1. The standard InChI is InChI=1S/C54H101N2O12P/c1-7-9-11-13-15-17-19-21-23-25-27-29-31-33-35-37-51(58)65-46-49(68-52(59)38-36-34-32-30-28-26-24-22-20-18-16-14-12-10-8-2)47-67-69(61,62)66-42-41-56-50(57)39-40-54(4,55-5)45-48(3)53(60)64-44-43-63-6/h48-49H,7-47H2,1-4,6H3,(H,56,57)(H,61,62)/t48?,49-,54?/m1/s1. The van der Waals surface area contributed by atoms with E-state index in [1.54, 1.807) is 13.8 Å². The molecule has 0 spiro atoms. The quantitative estimate of drug-likeness (QED) is 0.0194. The average Bonchev–Trinajstić information content (AvgIpc) is 3.33. The summed E-state index contributed by atoms with van der Waals surface area (Å²) in [6, 6.07) is 0. The molecule has 0 saturated carbocycles. The predicted molar refractivity (Wildman–Crippen MR) is 276 cm³/mol. The first-order chi connectivity index (χ1) is 33.3. The molecule has 0 fully saturated rings. The molecule has 0 aliphatic rings. The average molecular weight is 1000 g/mol. The highest BCUT2D eigenvalue weighted by Gasteiger charge is 2.36. The van der Waals surface area contributed by atoms with E-state index in [0.29, 0.717) is 12.8 Å². The lowest BCUT2D eigenvalue weighted by Crippen LogP contribution is -2.32. The van der Waals surface area contributed by atoms with E-state index in [1.165, 1.54) is 148 Å². The molecule has 0 aromatic heterocycles. The lowest BCUT2D eigenvalue weighted by atomic mass is 9.86. The largest absolute Gasteiger partial charge is 0.472 e. The molecule has 0 heterocycles. The first kappa shape index (κ1) is 66.4. The molecule has 0 rings (SSSR count). The summed E-state index contributed by atoms with van der Waals surface area (Å²) in [5.74, 6) is -2.32. The van der Waals surface area contributed by atoms with Crippen molar-refractivity contribution in [1.29, 1.82) is 0 Å². The van der Waals surface area contributed by atoms with Crippen LogP contribution in [0.1, 0.15) is 252 Å². The predicted octanol–water partition coefficient (Wildman–Crippen LogP) is 13.9. The van der Waals surface area contributed by atoms with Gasteiger partial charge in [-0.25, -0.2) is 11.1 Å². The number of nitrogens with one attached hydrogen (secondary N) is 1. The summed E-state index contributed by atoms with van der Waals surface area (Å²) in [4.78, 5) is 64.4. The highest BCUT2D eigenvalue weighted by Crippen LogP contribution is 2.43. The summed E-state index contributed by atoms with van der Waals surface area (Å²) in [6.45, 7) is 14.6. The number of phosphoric ester groups is 1. The number of phosphoric acid groups is 1. The Morgan fingerprint density at radius 1 is 0.594 bits per heavy atom. The second kappa shape index (κ2) is 46.5. The van der Waals surface area contributed by atoms with E-state index < -0.39 is 55.8 Å². The van der Waals surface area contributed by atoms with E-state index in [2.05, 4.69) is 24.0 Å². The fraction of sp³-hybridized carbons (Fsp3) is 0.907. The number of amides is 1. The number of hydrogen-bond acceptors (Lipinski definition) is 11. The van der Waals surface area contributed by atoms with E-state index in [1.807, 2.05) is 0 Å². The summed E-state index contributed by atoms with van der Waals surface area (Å²) in [7, 11) is -3.15. The summed E-state index contributed by atoms with van der Waals surface area (Å²) in [5.41, 5.74) is -0.978. The van der Waals surface area contributed by atoms with E-state index >= 15 is 0 Å². The molecule has 404 valence electrons. The smallest absolute Gasteiger partial charge is 0.463 e. The Morgan fingerprint density at radius 3 is 1.46 bits per heavy atom. The lowest BCUT2D eigenvalue weighted by molar-refractivity contribution is -0.161. The molecular weight excluding hydrogens is 900 g/mol. The van der Waals surface area contributed by atoms with Gasteiger partial charge in [-0.3, -0.25) is 28.2 Å². The Bertz CT molecular complexity index is 1360. The van der Waals surface area contributed by atoms with Crippen LogP contribution in [0.4, 0.5) is 0 Å². The van der Waals surface area contributed by atoms with Crippen LogP contribution < -0.4 is 5.32 Å². The first-order valence-corrected chi connectivity index (χ1v) is 29.1. The zero-order valence-corrected chi connectivity index (χ0v) is 45.4. The Morgan fingerprint density at radius 2 is 1.03 bits per heavy atom. The number of carbonyl (C=O) groups is 4. The monoisotopic (exact) mass is 1000 g/mol. The third-order valence-electron chi connectivity index (χ3n) is 12.6. The van der Waals surface area contributed by atoms with Crippen LogP contribution >= 0.6 is 7.82 Å². The maximum absolute atomic E-state index is 12.9. The van der Waals surface area contributed by atoms with Crippen LogP contribution in [0.15, 0.2) is 0 Å². The Balaban J connectivity index is 4.76. The number of esters is 3. The number of hydrogen-bond donors (Lipinski definition) is 2. The van der Waals surface area contributed by atoms with Crippen molar-refractivity contribution >= 4 is 31.6 Å². The Labute approximate surface area is 420 Å². The van der Waals surface area contributed by atoms with Crippen LogP contribution in [-0.2, 0) is 51.7 Å². The van der Waals surface area contributed by atoms with Gasteiger partial charge in [-0.05, 0) is 12.8 Å². The van der Waals surface area contributed by atoms with Crippen LogP contribution in [-0.4, -0.2) is 87.0 Å². The molecule has 0 saturated heterocycles. The third-order valence-corrected chi connectivity index (χ3v) is 13.6. The summed E-state index contributed by atoms with van der Waals surface area (Å²) in [6.07, 6.45) is 36.1. The molecule has 4 atom stereocenters. The topological polar surface area (TPSA) is 177 Å². The van der Waals surface area contributed by atoms with Gasteiger partial charge in [0.25, 0.3) is 0 Å². The molecule has 1 amide bonds. The minimum absolute atomic E-state index is 0.0117. The number of nitrogens with zero attached hydrogens (tertiary/aromatic N) is 1. The van der Waals surface area contributed by atoms with Gasteiger partial charge in [-0.1, -0.05) is 201 Å². The second-order valence-corrected chi connectivity index (χ2v) is 21.0. The molecule has 0 aliphatic carbocycles. The summed E-state index contributed by atoms with van der Waals surface area (Å²) < 4.78 is 44.1. The van der Waals surface area contributed by atoms with Crippen LogP contribution in [0.25, 0.3) is 4.85 Å². The number of ether oxygens (including phenoxy) is 4. The van der Waals surface area contributed by atoms with Gasteiger partial charge in [0.15, 0.2) is 6.10 Å². The highest BCUT2D eigenvalue weighted by atomic mass is 31.2. The molecular formula is C54H101N2O12P. The van der Waals surface area contributed by atoms with Gasteiger partial charge >= 0.3 is 25.7 Å². The van der Waals surface area contributed by atoms with Crippen LogP contribution in [0.2, 0.25) is 0 Å². The number of carbonyl (C=O) groups excluding carboxylic acids is 4. The van der Waals surface area contributed by atoms with E-state index in [0.717, 1.165) is 38.5 Å². The van der Waals surface area contributed by atoms with Crippen molar-refractivity contribution in [3.8, 4) is 0 Å². The van der Waals surface area contributed by atoms with Crippen LogP contribution in [0.5, 0.6) is 0 Å². The zero-order valence-electron chi connectivity index (χ0n) is 44.5. The first-order valence-electron chi connectivity index (χ1n) is 27.6. The van der Waals surface area contributed by atoms with Crippen molar-refractivity contribution in [2.24, 2.45) is 5.92 Å². The fourth-order valence-corrected chi connectivity index (χ4v) is 9.00. The van der Waals surface area contributed by atoms with Gasteiger partial charge in [0.1, 0.15) is 13.2 Å². The molecule has 0 aromatic rings. The minimum atomic E-state index is -4.65. The van der Waals surface area contributed by atoms with Gasteiger partial charge in [0, 0.05) is 52.7 Å². The molecule has 2 N–H and O–H groups in total.